The number of aliphatic carboxylic acids is 1. The van der Waals surface area contributed by atoms with Crippen LogP contribution in [0.1, 0.15) is 11.4 Å². The average Bonchev–Trinajstić information content (AvgIpc) is 2.78. The van der Waals surface area contributed by atoms with Crippen molar-refractivity contribution in [3.05, 3.63) is 40.4 Å². The number of halogens is 2. The molecule has 0 unspecified atom stereocenters. The van der Waals surface area contributed by atoms with Crippen LogP contribution in [0.3, 0.4) is 0 Å². The summed E-state index contributed by atoms with van der Waals surface area (Å²) < 4.78 is 17.7. The quantitative estimate of drug-likeness (QED) is 0.856. The predicted octanol–water partition coefficient (Wildman–Crippen LogP) is 2.63. The molecule has 8 heteroatoms. The molecular weight excluding hydrogens is 295 g/mol. The van der Waals surface area contributed by atoms with Crippen molar-refractivity contribution in [3.63, 3.8) is 0 Å². The molecular formula is C11H8ClFN2O3S. The van der Waals surface area contributed by atoms with Gasteiger partial charge < -0.3 is 9.63 Å². The molecule has 0 spiro atoms. The second-order valence-electron chi connectivity index (χ2n) is 3.57. The monoisotopic (exact) mass is 302 g/mol. The molecule has 1 N–H and O–H groups in total. The van der Waals surface area contributed by atoms with Crippen LogP contribution in [-0.4, -0.2) is 27.0 Å². The van der Waals surface area contributed by atoms with Gasteiger partial charge in [-0.1, -0.05) is 34.6 Å². The summed E-state index contributed by atoms with van der Waals surface area (Å²) >= 11 is 6.81. The zero-order chi connectivity index (χ0) is 13.8. The Morgan fingerprint density at radius 1 is 1.53 bits per heavy atom. The maximum atomic E-state index is 12.9. The molecule has 2 aromatic rings. The van der Waals surface area contributed by atoms with Crippen molar-refractivity contribution < 1.29 is 18.8 Å². The lowest BCUT2D eigenvalue weighted by molar-refractivity contribution is -0.133. The number of carbonyl (C=O) groups is 1. The minimum absolute atomic E-state index is 0.154. The molecule has 0 aliphatic heterocycles. The van der Waals surface area contributed by atoms with Crippen LogP contribution in [0.4, 0.5) is 4.39 Å². The third-order valence-corrected chi connectivity index (χ3v) is 3.29. The molecule has 2 rings (SSSR count). The molecule has 0 fully saturated rings. The molecule has 1 aromatic carbocycles. The fraction of sp³-hybridized carbons (Fsp3) is 0.182. The van der Waals surface area contributed by atoms with Gasteiger partial charge in [-0.3, -0.25) is 4.79 Å². The van der Waals surface area contributed by atoms with E-state index in [2.05, 4.69) is 10.1 Å². The number of carboxylic acids is 1. The van der Waals surface area contributed by atoms with Gasteiger partial charge in [-0.05, 0) is 17.7 Å². The van der Waals surface area contributed by atoms with Crippen LogP contribution in [-0.2, 0) is 11.2 Å². The van der Waals surface area contributed by atoms with Crippen molar-refractivity contribution in [2.45, 2.75) is 11.6 Å². The molecule has 0 amide bonds. The highest BCUT2D eigenvalue weighted by Gasteiger charge is 2.11. The molecule has 100 valence electrons. The Kier molecular flexibility index (Phi) is 4.39. The van der Waals surface area contributed by atoms with E-state index >= 15 is 0 Å². The zero-order valence-electron chi connectivity index (χ0n) is 9.47. The van der Waals surface area contributed by atoms with E-state index < -0.39 is 11.8 Å². The van der Waals surface area contributed by atoms with E-state index in [1.54, 1.807) is 0 Å². The molecule has 1 aromatic heterocycles. The molecule has 0 radical (unpaired) electrons. The van der Waals surface area contributed by atoms with Gasteiger partial charge in [0, 0.05) is 11.4 Å². The number of benzene rings is 1. The van der Waals surface area contributed by atoms with Gasteiger partial charge in [0.2, 0.25) is 0 Å². The highest BCUT2D eigenvalue weighted by atomic mass is 35.5. The minimum Gasteiger partial charge on any atom is -0.481 e. The summed E-state index contributed by atoms with van der Waals surface area (Å²) in [4.78, 5) is 14.4. The zero-order valence-corrected chi connectivity index (χ0v) is 11.0. The standard InChI is InChI=1S/C11H8ClFN2O3S/c12-8-4-7(13)2-1-6(8)3-9-14-11(18-15-9)19-5-10(16)17/h1-2,4H,3,5H2,(H,16,17). The number of carboxylic acid groups (broad SMARTS) is 1. The fourth-order valence-corrected chi connectivity index (χ4v) is 2.07. The third-order valence-electron chi connectivity index (χ3n) is 2.13. The van der Waals surface area contributed by atoms with Crippen LogP contribution < -0.4 is 0 Å². The Balaban J connectivity index is 2.05. The summed E-state index contributed by atoms with van der Waals surface area (Å²) in [5.41, 5.74) is 0.665. The van der Waals surface area contributed by atoms with Crippen LogP contribution in [0.5, 0.6) is 0 Å². The largest absolute Gasteiger partial charge is 0.481 e. The Hall–Kier alpha value is -1.60. The minimum atomic E-state index is -0.966. The first-order valence-electron chi connectivity index (χ1n) is 5.15. The van der Waals surface area contributed by atoms with Crippen molar-refractivity contribution in [2.75, 3.05) is 5.75 Å². The SMILES string of the molecule is O=C(O)CSc1nc(Cc2ccc(F)cc2Cl)no1. The first kappa shape index (κ1) is 13.8. The summed E-state index contributed by atoms with van der Waals surface area (Å²) in [5, 5.41) is 12.7. The van der Waals surface area contributed by atoms with E-state index in [1.807, 2.05) is 0 Å². The first-order chi connectivity index (χ1) is 9.04. The lowest BCUT2D eigenvalue weighted by atomic mass is 10.1. The second kappa shape index (κ2) is 6.03. The lowest BCUT2D eigenvalue weighted by Crippen LogP contribution is -1.97. The molecule has 0 bridgehead atoms. The van der Waals surface area contributed by atoms with E-state index in [0.717, 1.165) is 11.8 Å². The topological polar surface area (TPSA) is 76.2 Å². The van der Waals surface area contributed by atoms with Crippen molar-refractivity contribution in [3.8, 4) is 0 Å². The van der Waals surface area contributed by atoms with Gasteiger partial charge in [0.05, 0.1) is 0 Å². The molecule has 0 aliphatic carbocycles. The maximum Gasteiger partial charge on any atom is 0.314 e. The van der Waals surface area contributed by atoms with Crippen molar-refractivity contribution in [1.82, 2.24) is 10.1 Å². The average molecular weight is 303 g/mol. The highest BCUT2D eigenvalue weighted by Crippen LogP contribution is 2.21. The molecule has 0 aliphatic rings. The summed E-state index contributed by atoms with van der Waals surface area (Å²) in [6.45, 7) is 0. The first-order valence-corrected chi connectivity index (χ1v) is 6.52. The van der Waals surface area contributed by atoms with Crippen LogP contribution >= 0.6 is 23.4 Å². The molecule has 0 atom stereocenters. The van der Waals surface area contributed by atoms with Crippen LogP contribution in [0.15, 0.2) is 27.9 Å². The van der Waals surface area contributed by atoms with Gasteiger partial charge >= 0.3 is 5.97 Å². The Morgan fingerprint density at radius 2 is 2.32 bits per heavy atom. The van der Waals surface area contributed by atoms with Crippen LogP contribution in [0.25, 0.3) is 0 Å². The van der Waals surface area contributed by atoms with Gasteiger partial charge in [0.15, 0.2) is 5.82 Å². The van der Waals surface area contributed by atoms with Gasteiger partial charge in [0.25, 0.3) is 5.22 Å². The highest BCUT2D eigenvalue weighted by molar-refractivity contribution is 7.99. The van der Waals surface area contributed by atoms with Crippen molar-refractivity contribution in [1.29, 1.82) is 0 Å². The summed E-state index contributed by atoms with van der Waals surface area (Å²) in [6.07, 6.45) is 0.288. The van der Waals surface area contributed by atoms with E-state index in [-0.39, 0.29) is 22.4 Å². The van der Waals surface area contributed by atoms with E-state index in [0.29, 0.717) is 11.4 Å². The van der Waals surface area contributed by atoms with Gasteiger partial charge in [-0.2, -0.15) is 4.98 Å². The molecule has 5 nitrogen and oxygen atoms in total. The van der Waals surface area contributed by atoms with E-state index in [9.17, 15) is 9.18 Å². The number of thioether (sulfide) groups is 1. The number of rotatable bonds is 5. The lowest BCUT2D eigenvalue weighted by Gasteiger charge is -2.00. The molecule has 1 heterocycles. The van der Waals surface area contributed by atoms with Gasteiger partial charge in [-0.15, -0.1) is 0 Å². The predicted molar refractivity (Wildman–Crippen MR) is 66.9 cm³/mol. The Bertz CT molecular complexity index is 605. The third kappa shape index (κ3) is 3.93. The van der Waals surface area contributed by atoms with Crippen LogP contribution in [0, 0.1) is 5.82 Å². The van der Waals surface area contributed by atoms with E-state index in [4.69, 9.17) is 21.2 Å². The summed E-state index contributed by atoms with van der Waals surface area (Å²) in [6, 6.07) is 4.04. The Labute approximate surface area is 116 Å². The second-order valence-corrected chi connectivity index (χ2v) is 4.91. The smallest absolute Gasteiger partial charge is 0.314 e. The molecule has 0 saturated carbocycles. The molecule has 0 saturated heterocycles. The normalized spacial score (nSPS) is 10.6. The number of nitrogens with zero attached hydrogens (tertiary/aromatic N) is 2. The fourth-order valence-electron chi connectivity index (χ4n) is 1.33. The van der Waals surface area contributed by atoms with E-state index in [1.165, 1.54) is 18.2 Å². The summed E-state index contributed by atoms with van der Waals surface area (Å²) in [5.74, 6) is -1.17. The number of aromatic nitrogens is 2. The maximum absolute atomic E-state index is 12.9. The number of hydrogen-bond donors (Lipinski definition) is 1. The van der Waals surface area contributed by atoms with Crippen molar-refractivity contribution >= 4 is 29.3 Å². The van der Waals surface area contributed by atoms with Gasteiger partial charge in [-0.25, -0.2) is 4.39 Å². The van der Waals surface area contributed by atoms with Crippen molar-refractivity contribution in [2.24, 2.45) is 0 Å². The van der Waals surface area contributed by atoms with Crippen LogP contribution in [0.2, 0.25) is 5.02 Å². The molecule has 19 heavy (non-hydrogen) atoms. The van der Waals surface area contributed by atoms with Gasteiger partial charge in [0.1, 0.15) is 11.6 Å². The Morgan fingerprint density at radius 3 is 3.00 bits per heavy atom. The number of hydrogen-bond acceptors (Lipinski definition) is 5. The summed E-state index contributed by atoms with van der Waals surface area (Å²) in [7, 11) is 0.